The molecule has 0 atom stereocenters. The lowest BCUT2D eigenvalue weighted by Crippen LogP contribution is -2.27. The summed E-state index contributed by atoms with van der Waals surface area (Å²) in [7, 11) is 1.57. The lowest BCUT2D eigenvalue weighted by Gasteiger charge is -2.07. The van der Waals surface area contributed by atoms with Crippen molar-refractivity contribution in [2.24, 2.45) is 0 Å². The zero-order valence-electron chi connectivity index (χ0n) is 14.8. The third-order valence-corrected chi connectivity index (χ3v) is 4.57. The molecule has 0 bridgehead atoms. The van der Waals surface area contributed by atoms with Crippen molar-refractivity contribution in [1.82, 2.24) is 15.1 Å². The minimum absolute atomic E-state index is 0.0898. The summed E-state index contributed by atoms with van der Waals surface area (Å²) >= 11 is 1.59. The Morgan fingerprint density at radius 2 is 2.07 bits per heavy atom. The van der Waals surface area contributed by atoms with Gasteiger partial charge in [0, 0.05) is 18.3 Å². The molecule has 3 aromatic rings. The molecule has 0 radical (unpaired) electrons. The molecule has 0 aliphatic rings. The van der Waals surface area contributed by atoms with Gasteiger partial charge in [0.25, 0.3) is 0 Å². The van der Waals surface area contributed by atoms with Crippen LogP contribution in [-0.4, -0.2) is 28.7 Å². The van der Waals surface area contributed by atoms with Gasteiger partial charge in [-0.15, -0.1) is 0 Å². The van der Waals surface area contributed by atoms with Crippen LogP contribution < -0.4 is 15.4 Å². The van der Waals surface area contributed by atoms with E-state index in [4.69, 9.17) is 4.74 Å². The number of methoxy groups -OCH3 is 1. The highest BCUT2D eigenvalue weighted by Gasteiger charge is 2.10. The van der Waals surface area contributed by atoms with E-state index in [1.165, 1.54) is 10.9 Å². The average Bonchev–Trinajstić information content (AvgIpc) is 3.32. The standard InChI is InChI=1S/C19H20N4O3S/c1-26-17-5-3-2-4-15(17)8-18(24)22-16-10-21-23(11-16)12-19(25)20-9-14-6-7-27-13-14/h2-7,10-11,13H,8-9,12H2,1H3,(H,20,25)(H,22,24). The molecule has 0 aliphatic heterocycles. The van der Waals surface area contributed by atoms with Crippen molar-refractivity contribution in [2.75, 3.05) is 12.4 Å². The Morgan fingerprint density at radius 3 is 2.85 bits per heavy atom. The molecule has 0 fully saturated rings. The molecule has 140 valence electrons. The Labute approximate surface area is 161 Å². The van der Waals surface area contributed by atoms with E-state index in [2.05, 4.69) is 15.7 Å². The van der Waals surface area contributed by atoms with Crippen molar-refractivity contribution in [3.8, 4) is 5.75 Å². The first-order valence-corrected chi connectivity index (χ1v) is 9.30. The molecule has 2 heterocycles. The minimum atomic E-state index is -0.180. The fourth-order valence-electron chi connectivity index (χ4n) is 2.54. The smallest absolute Gasteiger partial charge is 0.241 e. The molecule has 3 rings (SSSR count). The van der Waals surface area contributed by atoms with E-state index >= 15 is 0 Å². The Hall–Kier alpha value is -3.13. The fraction of sp³-hybridized carbons (Fsp3) is 0.211. The summed E-state index contributed by atoms with van der Waals surface area (Å²) in [4.78, 5) is 24.2. The summed E-state index contributed by atoms with van der Waals surface area (Å²) in [6.07, 6.45) is 3.34. The molecule has 2 amide bonds. The Bertz CT molecular complexity index is 905. The van der Waals surface area contributed by atoms with Crippen molar-refractivity contribution in [1.29, 1.82) is 0 Å². The lowest BCUT2D eigenvalue weighted by atomic mass is 10.1. The van der Waals surface area contributed by atoms with Crippen LogP contribution in [0.4, 0.5) is 5.69 Å². The van der Waals surface area contributed by atoms with Gasteiger partial charge in [-0.2, -0.15) is 16.4 Å². The highest BCUT2D eigenvalue weighted by atomic mass is 32.1. The molecule has 0 saturated heterocycles. The maximum absolute atomic E-state index is 12.2. The zero-order valence-corrected chi connectivity index (χ0v) is 15.7. The zero-order chi connectivity index (χ0) is 19.1. The van der Waals surface area contributed by atoms with Gasteiger partial charge in [0.05, 0.1) is 25.4 Å². The largest absolute Gasteiger partial charge is 0.496 e. The fourth-order valence-corrected chi connectivity index (χ4v) is 3.21. The monoisotopic (exact) mass is 384 g/mol. The minimum Gasteiger partial charge on any atom is -0.496 e. The molecule has 7 nitrogen and oxygen atoms in total. The first-order chi connectivity index (χ1) is 13.1. The number of nitrogens with zero attached hydrogens (tertiary/aromatic N) is 2. The van der Waals surface area contributed by atoms with Gasteiger partial charge in [-0.05, 0) is 28.5 Å². The number of thiophene rings is 1. The van der Waals surface area contributed by atoms with E-state index in [0.717, 1.165) is 11.1 Å². The quantitative estimate of drug-likeness (QED) is 0.625. The Kier molecular flexibility index (Phi) is 6.22. The van der Waals surface area contributed by atoms with Crippen LogP contribution >= 0.6 is 11.3 Å². The third-order valence-electron chi connectivity index (χ3n) is 3.84. The van der Waals surface area contributed by atoms with E-state index < -0.39 is 0 Å². The molecule has 1 aromatic carbocycles. The van der Waals surface area contributed by atoms with Crippen LogP contribution in [0.2, 0.25) is 0 Å². The number of nitrogens with one attached hydrogen (secondary N) is 2. The highest BCUT2D eigenvalue weighted by Crippen LogP contribution is 2.18. The number of hydrogen-bond acceptors (Lipinski definition) is 5. The van der Waals surface area contributed by atoms with E-state index in [1.807, 2.05) is 41.1 Å². The number of amides is 2. The van der Waals surface area contributed by atoms with Crippen molar-refractivity contribution < 1.29 is 14.3 Å². The van der Waals surface area contributed by atoms with Crippen molar-refractivity contribution >= 4 is 28.8 Å². The molecular formula is C19H20N4O3S. The van der Waals surface area contributed by atoms with Crippen LogP contribution in [0.25, 0.3) is 0 Å². The van der Waals surface area contributed by atoms with Crippen molar-refractivity contribution in [3.05, 3.63) is 64.6 Å². The molecule has 8 heteroatoms. The number of carbonyl (C=O) groups is 2. The van der Waals surface area contributed by atoms with Crippen LogP contribution in [-0.2, 0) is 29.1 Å². The van der Waals surface area contributed by atoms with Gasteiger partial charge in [-0.25, -0.2) is 0 Å². The molecule has 2 N–H and O–H groups in total. The number of anilines is 1. The van der Waals surface area contributed by atoms with Gasteiger partial charge in [-0.1, -0.05) is 18.2 Å². The van der Waals surface area contributed by atoms with Crippen LogP contribution in [0.15, 0.2) is 53.5 Å². The Balaban J connectivity index is 1.49. The first-order valence-electron chi connectivity index (χ1n) is 8.36. The number of para-hydroxylation sites is 1. The van der Waals surface area contributed by atoms with E-state index in [-0.39, 0.29) is 24.8 Å². The highest BCUT2D eigenvalue weighted by molar-refractivity contribution is 7.07. The van der Waals surface area contributed by atoms with E-state index in [0.29, 0.717) is 18.0 Å². The molecular weight excluding hydrogens is 364 g/mol. The van der Waals surface area contributed by atoms with Gasteiger partial charge in [0.2, 0.25) is 11.8 Å². The number of ether oxygens (including phenoxy) is 1. The summed E-state index contributed by atoms with van der Waals surface area (Å²) in [5, 5.41) is 13.7. The maximum Gasteiger partial charge on any atom is 0.241 e. The summed E-state index contributed by atoms with van der Waals surface area (Å²) in [5.41, 5.74) is 2.41. The summed E-state index contributed by atoms with van der Waals surface area (Å²) in [6, 6.07) is 9.34. The number of rotatable bonds is 8. The number of aromatic nitrogens is 2. The molecule has 0 saturated carbocycles. The number of hydrogen-bond donors (Lipinski definition) is 2. The summed E-state index contributed by atoms with van der Waals surface area (Å²) in [5.74, 6) is 0.350. The molecule has 0 aliphatic carbocycles. The molecule has 27 heavy (non-hydrogen) atoms. The van der Waals surface area contributed by atoms with E-state index in [9.17, 15) is 9.59 Å². The summed E-state index contributed by atoms with van der Waals surface area (Å²) in [6.45, 7) is 0.582. The average molecular weight is 384 g/mol. The SMILES string of the molecule is COc1ccccc1CC(=O)Nc1cnn(CC(=O)NCc2ccsc2)c1. The maximum atomic E-state index is 12.2. The molecule has 0 unspecified atom stereocenters. The van der Waals surface area contributed by atoms with Crippen LogP contribution in [0.5, 0.6) is 5.75 Å². The summed E-state index contributed by atoms with van der Waals surface area (Å²) < 4.78 is 6.74. The first kappa shape index (κ1) is 18.7. The normalized spacial score (nSPS) is 10.4. The van der Waals surface area contributed by atoms with Gasteiger partial charge < -0.3 is 15.4 Å². The number of benzene rings is 1. The van der Waals surface area contributed by atoms with Gasteiger partial charge in [-0.3, -0.25) is 14.3 Å². The lowest BCUT2D eigenvalue weighted by molar-refractivity contribution is -0.122. The van der Waals surface area contributed by atoms with Gasteiger partial charge >= 0.3 is 0 Å². The predicted molar refractivity (Wildman–Crippen MR) is 104 cm³/mol. The molecule has 0 spiro atoms. The van der Waals surface area contributed by atoms with E-state index in [1.54, 1.807) is 24.6 Å². The Morgan fingerprint density at radius 1 is 1.22 bits per heavy atom. The predicted octanol–water partition coefficient (Wildman–Crippen LogP) is 2.45. The topological polar surface area (TPSA) is 85.2 Å². The second-order valence-corrected chi connectivity index (χ2v) is 6.65. The van der Waals surface area contributed by atoms with Gasteiger partial charge in [0.1, 0.15) is 12.3 Å². The van der Waals surface area contributed by atoms with Crippen molar-refractivity contribution in [2.45, 2.75) is 19.5 Å². The number of carbonyl (C=O) groups excluding carboxylic acids is 2. The third kappa shape index (κ3) is 5.42. The molecule has 2 aromatic heterocycles. The van der Waals surface area contributed by atoms with Crippen LogP contribution in [0, 0.1) is 0 Å². The second-order valence-electron chi connectivity index (χ2n) is 5.87. The second kappa shape index (κ2) is 9.00. The van der Waals surface area contributed by atoms with Crippen molar-refractivity contribution in [3.63, 3.8) is 0 Å². The van der Waals surface area contributed by atoms with Gasteiger partial charge in [0.15, 0.2) is 0 Å². The van der Waals surface area contributed by atoms with Crippen LogP contribution in [0.1, 0.15) is 11.1 Å². The van der Waals surface area contributed by atoms with Crippen LogP contribution in [0.3, 0.4) is 0 Å².